The zero-order chi connectivity index (χ0) is 10.8. The number of benzene rings is 1. The van der Waals surface area contributed by atoms with Crippen LogP contribution in [-0.2, 0) is 0 Å². The van der Waals surface area contributed by atoms with Gasteiger partial charge in [0.05, 0.1) is 5.56 Å². The molecule has 2 rings (SSSR count). The summed E-state index contributed by atoms with van der Waals surface area (Å²) < 4.78 is 0. The van der Waals surface area contributed by atoms with Crippen LogP contribution < -0.4 is 0 Å². The van der Waals surface area contributed by atoms with Gasteiger partial charge in [0, 0.05) is 11.5 Å². The number of hydrogen-bond acceptors (Lipinski definition) is 1. The van der Waals surface area contributed by atoms with E-state index >= 15 is 0 Å². The maximum absolute atomic E-state index is 11.0. The van der Waals surface area contributed by atoms with Crippen LogP contribution >= 0.6 is 0 Å². The lowest BCUT2D eigenvalue weighted by Crippen LogP contribution is -2.00. The van der Waals surface area contributed by atoms with Gasteiger partial charge in [-0.05, 0) is 31.9 Å². The molecule has 0 radical (unpaired) electrons. The van der Waals surface area contributed by atoms with Crippen LogP contribution in [-0.4, -0.2) is 11.1 Å². The van der Waals surface area contributed by atoms with Crippen molar-refractivity contribution < 1.29 is 9.90 Å². The van der Waals surface area contributed by atoms with E-state index < -0.39 is 5.97 Å². The summed E-state index contributed by atoms with van der Waals surface area (Å²) in [5.41, 5.74) is 1.88. The fourth-order valence-electron chi connectivity index (χ4n) is 1.35. The largest absolute Gasteiger partial charge is 0.478 e. The van der Waals surface area contributed by atoms with Crippen LogP contribution in [0.2, 0.25) is 0 Å². The van der Waals surface area contributed by atoms with Crippen LogP contribution in [0.15, 0.2) is 18.2 Å². The van der Waals surface area contributed by atoms with Gasteiger partial charge >= 0.3 is 5.97 Å². The normalized spacial score (nSPS) is 14.2. The molecule has 2 nitrogen and oxygen atoms in total. The van der Waals surface area contributed by atoms with Gasteiger partial charge in [0.25, 0.3) is 0 Å². The standard InChI is InChI=1S/C13H12O2/c1-9-2-6-11(7-5-10-3-4-10)12(8-9)13(14)15/h2,6,8,10H,3-4H2,1H3,(H,14,15). The summed E-state index contributed by atoms with van der Waals surface area (Å²) in [6.07, 6.45) is 2.31. The highest BCUT2D eigenvalue weighted by Gasteiger charge is 2.18. The van der Waals surface area contributed by atoms with Gasteiger partial charge in [-0.15, -0.1) is 0 Å². The highest BCUT2D eigenvalue weighted by molar-refractivity contribution is 5.91. The lowest BCUT2D eigenvalue weighted by atomic mass is 10.0. The molecule has 0 saturated heterocycles. The molecule has 76 valence electrons. The molecular weight excluding hydrogens is 188 g/mol. The summed E-state index contributed by atoms with van der Waals surface area (Å²) in [5, 5.41) is 9.00. The van der Waals surface area contributed by atoms with Crippen molar-refractivity contribution in [3.05, 3.63) is 34.9 Å². The third-order valence-corrected chi connectivity index (χ3v) is 2.39. The fraction of sp³-hybridized carbons (Fsp3) is 0.308. The Hall–Kier alpha value is -1.75. The third-order valence-electron chi connectivity index (χ3n) is 2.39. The van der Waals surface area contributed by atoms with Crippen LogP contribution in [0.3, 0.4) is 0 Å². The Bertz CT molecular complexity index is 459. The van der Waals surface area contributed by atoms with E-state index in [0.717, 1.165) is 18.4 Å². The number of carbonyl (C=O) groups is 1. The van der Waals surface area contributed by atoms with Crippen LogP contribution in [0.25, 0.3) is 0 Å². The number of aryl methyl sites for hydroxylation is 1. The Morgan fingerprint density at radius 3 is 2.80 bits per heavy atom. The van der Waals surface area contributed by atoms with E-state index in [9.17, 15) is 4.79 Å². The topological polar surface area (TPSA) is 37.3 Å². The molecule has 0 heterocycles. The van der Waals surface area contributed by atoms with Crippen molar-refractivity contribution in [2.75, 3.05) is 0 Å². The fourth-order valence-corrected chi connectivity index (χ4v) is 1.35. The number of carboxylic acid groups (broad SMARTS) is 1. The van der Waals surface area contributed by atoms with Gasteiger partial charge in [-0.3, -0.25) is 0 Å². The molecule has 1 aromatic carbocycles. The Morgan fingerprint density at radius 2 is 2.20 bits per heavy atom. The second kappa shape index (κ2) is 3.78. The summed E-state index contributed by atoms with van der Waals surface area (Å²) >= 11 is 0. The number of rotatable bonds is 1. The van der Waals surface area contributed by atoms with Gasteiger partial charge in [-0.25, -0.2) is 4.79 Å². The molecule has 1 aromatic rings. The minimum absolute atomic E-state index is 0.308. The van der Waals surface area contributed by atoms with E-state index in [1.165, 1.54) is 0 Å². The van der Waals surface area contributed by atoms with Gasteiger partial charge in [-0.2, -0.15) is 0 Å². The van der Waals surface area contributed by atoms with Gasteiger partial charge in [0.2, 0.25) is 0 Å². The van der Waals surface area contributed by atoms with E-state index in [1.54, 1.807) is 12.1 Å². The van der Waals surface area contributed by atoms with Crippen molar-refractivity contribution in [1.82, 2.24) is 0 Å². The molecule has 1 saturated carbocycles. The number of aromatic carboxylic acids is 1. The zero-order valence-electron chi connectivity index (χ0n) is 8.58. The molecular formula is C13H12O2. The smallest absolute Gasteiger partial charge is 0.336 e. The Morgan fingerprint density at radius 1 is 1.47 bits per heavy atom. The molecule has 0 aromatic heterocycles. The van der Waals surface area contributed by atoms with Crippen molar-refractivity contribution in [2.45, 2.75) is 19.8 Å². The predicted octanol–water partition coefficient (Wildman–Crippen LogP) is 2.45. The van der Waals surface area contributed by atoms with Crippen molar-refractivity contribution in [2.24, 2.45) is 5.92 Å². The zero-order valence-corrected chi connectivity index (χ0v) is 8.58. The van der Waals surface area contributed by atoms with Crippen LogP contribution in [0.1, 0.15) is 34.3 Å². The van der Waals surface area contributed by atoms with E-state index in [4.69, 9.17) is 5.11 Å². The Balaban J connectivity index is 2.37. The average molecular weight is 200 g/mol. The maximum Gasteiger partial charge on any atom is 0.336 e. The molecule has 15 heavy (non-hydrogen) atoms. The van der Waals surface area contributed by atoms with E-state index in [-0.39, 0.29) is 0 Å². The molecule has 1 aliphatic rings. The lowest BCUT2D eigenvalue weighted by molar-refractivity contribution is 0.0696. The second-order valence-corrected chi connectivity index (χ2v) is 3.90. The van der Waals surface area contributed by atoms with Crippen molar-refractivity contribution >= 4 is 5.97 Å². The first-order chi connectivity index (χ1) is 7.16. The molecule has 1 fully saturated rings. The van der Waals surface area contributed by atoms with Crippen molar-refractivity contribution in [3.8, 4) is 11.8 Å². The van der Waals surface area contributed by atoms with E-state index in [2.05, 4.69) is 11.8 Å². The number of carboxylic acids is 1. The first kappa shape index (κ1) is 9.79. The molecule has 0 spiro atoms. The summed E-state index contributed by atoms with van der Waals surface area (Å²) in [7, 11) is 0. The molecule has 1 aliphatic carbocycles. The van der Waals surface area contributed by atoms with Crippen LogP contribution in [0.4, 0.5) is 0 Å². The molecule has 0 atom stereocenters. The third kappa shape index (κ3) is 2.38. The molecule has 2 heteroatoms. The lowest BCUT2D eigenvalue weighted by Gasteiger charge is -2.00. The SMILES string of the molecule is Cc1ccc(C#CC2CC2)c(C(=O)O)c1. The predicted molar refractivity (Wildman–Crippen MR) is 57.7 cm³/mol. The Labute approximate surface area is 88.9 Å². The number of hydrogen-bond donors (Lipinski definition) is 1. The van der Waals surface area contributed by atoms with Gasteiger partial charge < -0.3 is 5.11 Å². The first-order valence-electron chi connectivity index (χ1n) is 5.02. The minimum atomic E-state index is -0.904. The summed E-state index contributed by atoms with van der Waals surface area (Å²) in [4.78, 5) is 11.0. The summed E-state index contributed by atoms with van der Waals surface area (Å²) in [6, 6.07) is 5.34. The van der Waals surface area contributed by atoms with Crippen LogP contribution in [0.5, 0.6) is 0 Å². The van der Waals surface area contributed by atoms with Gasteiger partial charge in [0.1, 0.15) is 0 Å². The second-order valence-electron chi connectivity index (χ2n) is 3.90. The van der Waals surface area contributed by atoms with Gasteiger partial charge in [0.15, 0.2) is 0 Å². The molecule has 0 bridgehead atoms. The monoisotopic (exact) mass is 200 g/mol. The average Bonchev–Trinajstić information content (AvgIpc) is 2.99. The van der Waals surface area contributed by atoms with E-state index in [1.807, 2.05) is 13.0 Å². The van der Waals surface area contributed by atoms with E-state index in [0.29, 0.717) is 17.0 Å². The molecule has 0 aliphatic heterocycles. The quantitative estimate of drug-likeness (QED) is 0.707. The Kier molecular flexibility index (Phi) is 2.47. The summed E-state index contributed by atoms with van der Waals surface area (Å²) in [5.74, 6) is 5.62. The first-order valence-corrected chi connectivity index (χ1v) is 5.02. The highest BCUT2D eigenvalue weighted by Crippen LogP contribution is 2.27. The van der Waals surface area contributed by atoms with Crippen LogP contribution in [0, 0.1) is 24.7 Å². The summed E-state index contributed by atoms with van der Waals surface area (Å²) in [6.45, 7) is 1.88. The van der Waals surface area contributed by atoms with Gasteiger partial charge in [-0.1, -0.05) is 23.5 Å². The molecule has 0 amide bonds. The maximum atomic E-state index is 11.0. The highest BCUT2D eigenvalue weighted by atomic mass is 16.4. The molecule has 1 N–H and O–H groups in total. The molecule has 0 unspecified atom stereocenters. The van der Waals surface area contributed by atoms with Crippen molar-refractivity contribution in [3.63, 3.8) is 0 Å². The minimum Gasteiger partial charge on any atom is -0.478 e. The van der Waals surface area contributed by atoms with Crippen molar-refractivity contribution in [1.29, 1.82) is 0 Å².